The van der Waals surface area contributed by atoms with E-state index in [4.69, 9.17) is 0 Å². The molecule has 0 bridgehead atoms. The molecule has 0 aromatic carbocycles. The summed E-state index contributed by atoms with van der Waals surface area (Å²) in [7, 11) is 0. The third-order valence-corrected chi connectivity index (χ3v) is 4.16. The summed E-state index contributed by atoms with van der Waals surface area (Å²) < 4.78 is 0. The third-order valence-electron chi connectivity index (χ3n) is 4.16. The first-order valence-corrected chi connectivity index (χ1v) is 8.82. The standard InChI is InChI=1S/C17H28N6O2/c1-13(2)5-8-18-15(24)14(3)21-17(25)23-11-9-22(10-12-23)16-19-6-4-7-20-16/h4,6-7,13-14H,5,8-12H2,1-3H3,(H,18,24)(H,21,25)/t14-/m0/s1. The second-order valence-electron chi connectivity index (χ2n) is 6.67. The van der Waals surface area contributed by atoms with E-state index >= 15 is 0 Å². The zero-order chi connectivity index (χ0) is 18.2. The molecule has 2 heterocycles. The Labute approximate surface area is 149 Å². The van der Waals surface area contributed by atoms with Gasteiger partial charge in [-0.05, 0) is 25.3 Å². The van der Waals surface area contributed by atoms with Gasteiger partial charge in [0, 0.05) is 45.1 Å². The first-order valence-electron chi connectivity index (χ1n) is 8.82. The highest BCUT2D eigenvalue weighted by Gasteiger charge is 2.24. The summed E-state index contributed by atoms with van der Waals surface area (Å²) in [4.78, 5) is 36.6. The van der Waals surface area contributed by atoms with Crippen molar-refractivity contribution in [1.29, 1.82) is 0 Å². The molecule has 0 unspecified atom stereocenters. The molecule has 1 saturated heterocycles. The Morgan fingerprint density at radius 1 is 1.12 bits per heavy atom. The minimum atomic E-state index is -0.546. The number of anilines is 1. The van der Waals surface area contributed by atoms with Crippen LogP contribution < -0.4 is 15.5 Å². The lowest BCUT2D eigenvalue weighted by Crippen LogP contribution is -2.55. The molecule has 1 aromatic heterocycles. The second-order valence-corrected chi connectivity index (χ2v) is 6.67. The zero-order valence-electron chi connectivity index (χ0n) is 15.2. The van der Waals surface area contributed by atoms with Crippen LogP contribution in [-0.2, 0) is 4.79 Å². The number of hydrogen-bond acceptors (Lipinski definition) is 5. The van der Waals surface area contributed by atoms with Crippen molar-refractivity contribution in [2.75, 3.05) is 37.6 Å². The number of nitrogens with one attached hydrogen (secondary N) is 2. The molecule has 2 N–H and O–H groups in total. The van der Waals surface area contributed by atoms with E-state index in [0.29, 0.717) is 44.6 Å². The highest BCUT2D eigenvalue weighted by atomic mass is 16.2. The number of carbonyl (C=O) groups excluding carboxylic acids is 2. The number of nitrogens with zero attached hydrogens (tertiary/aromatic N) is 4. The van der Waals surface area contributed by atoms with Crippen LogP contribution in [-0.4, -0.2) is 65.6 Å². The van der Waals surface area contributed by atoms with Crippen molar-refractivity contribution in [3.8, 4) is 0 Å². The lowest BCUT2D eigenvalue weighted by atomic mass is 10.1. The Hall–Kier alpha value is -2.38. The van der Waals surface area contributed by atoms with Crippen LogP contribution in [0.15, 0.2) is 18.5 Å². The first-order chi connectivity index (χ1) is 12.0. The fourth-order valence-corrected chi connectivity index (χ4v) is 2.54. The topological polar surface area (TPSA) is 90.5 Å². The fraction of sp³-hybridized carbons (Fsp3) is 0.647. The Kier molecular flexibility index (Phi) is 6.97. The normalized spacial score (nSPS) is 15.8. The monoisotopic (exact) mass is 348 g/mol. The summed E-state index contributed by atoms with van der Waals surface area (Å²) in [6, 6.07) is 1.02. The van der Waals surface area contributed by atoms with Crippen molar-refractivity contribution in [1.82, 2.24) is 25.5 Å². The van der Waals surface area contributed by atoms with Gasteiger partial charge in [-0.15, -0.1) is 0 Å². The lowest BCUT2D eigenvalue weighted by Gasteiger charge is -2.35. The molecule has 2 rings (SSSR count). The first kappa shape index (κ1) is 19.0. The minimum Gasteiger partial charge on any atom is -0.354 e. The summed E-state index contributed by atoms with van der Waals surface area (Å²) in [5.74, 6) is 1.07. The average Bonchev–Trinajstić information content (AvgIpc) is 2.62. The van der Waals surface area contributed by atoms with Crippen LogP contribution in [0.3, 0.4) is 0 Å². The van der Waals surface area contributed by atoms with Gasteiger partial charge >= 0.3 is 6.03 Å². The van der Waals surface area contributed by atoms with Crippen molar-refractivity contribution >= 4 is 17.9 Å². The summed E-state index contributed by atoms with van der Waals surface area (Å²) in [5, 5.41) is 5.62. The Balaban J connectivity index is 1.73. The maximum Gasteiger partial charge on any atom is 0.318 e. The van der Waals surface area contributed by atoms with Gasteiger partial charge in [-0.3, -0.25) is 4.79 Å². The van der Waals surface area contributed by atoms with E-state index in [9.17, 15) is 9.59 Å². The molecule has 8 nitrogen and oxygen atoms in total. The van der Waals surface area contributed by atoms with E-state index in [1.807, 2.05) is 4.90 Å². The molecule has 0 spiro atoms. The quantitative estimate of drug-likeness (QED) is 0.796. The van der Waals surface area contributed by atoms with Gasteiger partial charge < -0.3 is 20.4 Å². The molecule has 0 saturated carbocycles. The van der Waals surface area contributed by atoms with Crippen LogP contribution in [0.5, 0.6) is 0 Å². The predicted molar refractivity (Wildman–Crippen MR) is 96.3 cm³/mol. The van der Waals surface area contributed by atoms with E-state index in [2.05, 4.69) is 34.4 Å². The largest absolute Gasteiger partial charge is 0.354 e. The number of urea groups is 1. The Morgan fingerprint density at radius 3 is 2.36 bits per heavy atom. The molecule has 1 aromatic rings. The summed E-state index contributed by atoms with van der Waals surface area (Å²) in [6.45, 7) is 9.05. The molecule has 1 atom stereocenters. The molecule has 0 aliphatic carbocycles. The van der Waals surface area contributed by atoms with Crippen molar-refractivity contribution in [3.05, 3.63) is 18.5 Å². The average molecular weight is 348 g/mol. The Bertz CT molecular complexity index is 558. The van der Waals surface area contributed by atoms with Gasteiger partial charge in [0.25, 0.3) is 0 Å². The van der Waals surface area contributed by atoms with E-state index in [0.717, 1.165) is 6.42 Å². The number of carbonyl (C=O) groups is 2. The van der Waals surface area contributed by atoms with Crippen LogP contribution in [0.1, 0.15) is 27.2 Å². The van der Waals surface area contributed by atoms with Crippen molar-refractivity contribution in [2.45, 2.75) is 33.2 Å². The molecule has 3 amide bonds. The van der Waals surface area contributed by atoms with Crippen molar-refractivity contribution in [3.63, 3.8) is 0 Å². The highest BCUT2D eigenvalue weighted by molar-refractivity contribution is 5.86. The van der Waals surface area contributed by atoms with Crippen LogP contribution in [0.25, 0.3) is 0 Å². The van der Waals surface area contributed by atoms with Crippen LogP contribution in [0.4, 0.5) is 10.7 Å². The van der Waals surface area contributed by atoms with Crippen LogP contribution in [0.2, 0.25) is 0 Å². The SMILES string of the molecule is CC(C)CCNC(=O)[C@H](C)NC(=O)N1CCN(c2ncccn2)CC1. The van der Waals surface area contributed by atoms with Crippen molar-refractivity contribution in [2.24, 2.45) is 5.92 Å². The molecule has 1 aliphatic rings. The second kappa shape index (κ2) is 9.19. The molecule has 0 radical (unpaired) electrons. The van der Waals surface area contributed by atoms with Gasteiger partial charge in [0.05, 0.1) is 0 Å². The number of aromatic nitrogens is 2. The maximum atomic E-state index is 12.3. The maximum absolute atomic E-state index is 12.3. The van der Waals surface area contributed by atoms with Gasteiger partial charge in [0.15, 0.2) is 0 Å². The summed E-state index contributed by atoms with van der Waals surface area (Å²) in [6.07, 6.45) is 4.35. The predicted octanol–water partition coefficient (Wildman–Crippen LogP) is 0.859. The van der Waals surface area contributed by atoms with E-state index in [-0.39, 0.29) is 11.9 Å². The highest BCUT2D eigenvalue weighted by Crippen LogP contribution is 2.09. The van der Waals surface area contributed by atoms with Gasteiger partial charge in [0.1, 0.15) is 6.04 Å². The molecular formula is C17H28N6O2. The smallest absolute Gasteiger partial charge is 0.318 e. The van der Waals surface area contributed by atoms with Gasteiger partial charge in [-0.1, -0.05) is 13.8 Å². The number of rotatable bonds is 6. The molecule has 8 heteroatoms. The van der Waals surface area contributed by atoms with Gasteiger partial charge in [-0.25, -0.2) is 14.8 Å². The van der Waals surface area contributed by atoms with E-state index < -0.39 is 6.04 Å². The van der Waals surface area contributed by atoms with Crippen LogP contribution in [0, 0.1) is 5.92 Å². The Morgan fingerprint density at radius 2 is 1.76 bits per heavy atom. The van der Waals surface area contributed by atoms with Crippen LogP contribution >= 0.6 is 0 Å². The number of amides is 3. The summed E-state index contributed by atoms with van der Waals surface area (Å²) in [5.41, 5.74) is 0. The molecular weight excluding hydrogens is 320 g/mol. The van der Waals surface area contributed by atoms with E-state index in [1.165, 1.54) is 0 Å². The molecule has 1 fully saturated rings. The van der Waals surface area contributed by atoms with Gasteiger partial charge in [-0.2, -0.15) is 0 Å². The minimum absolute atomic E-state index is 0.148. The number of hydrogen-bond donors (Lipinski definition) is 2. The van der Waals surface area contributed by atoms with Crippen molar-refractivity contribution < 1.29 is 9.59 Å². The zero-order valence-corrected chi connectivity index (χ0v) is 15.2. The molecule has 1 aliphatic heterocycles. The number of piperazine rings is 1. The fourth-order valence-electron chi connectivity index (χ4n) is 2.54. The van der Waals surface area contributed by atoms with E-state index in [1.54, 1.807) is 30.3 Å². The third kappa shape index (κ3) is 5.88. The summed E-state index contributed by atoms with van der Waals surface area (Å²) >= 11 is 0. The van der Waals surface area contributed by atoms with Gasteiger partial charge in [0.2, 0.25) is 11.9 Å². The molecule has 138 valence electrons. The molecule has 25 heavy (non-hydrogen) atoms. The lowest BCUT2D eigenvalue weighted by molar-refractivity contribution is -0.122.